The average molecular weight is 1650 g/mol. The number of rotatable bonds is 21. The molecule has 0 bridgehead atoms. The third-order valence-electron chi connectivity index (χ3n) is 21.1. The molecule has 8 heterocycles. The molecular weight excluding hydrogens is 1580 g/mol. The number of alkyl halides is 1. The first-order chi connectivity index (χ1) is 56.6. The third kappa shape index (κ3) is 16.0. The van der Waals surface area contributed by atoms with E-state index in [0.717, 1.165) is 38.9 Å². The van der Waals surface area contributed by atoms with Crippen molar-refractivity contribution in [1.82, 2.24) is 29.7 Å². The molecule has 2 saturated heterocycles. The number of sulfonamides is 3. The summed E-state index contributed by atoms with van der Waals surface area (Å²) in [6.07, 6.45) is 4.81. The Hall–Kier alpha value is -12.4. The van der Waals surface area contributed by atoms with Crippen LogP contribution >= 0.6 is 11.6 Å². The van der Waals surface area contributed by atoms with Crippen LogP contribution in [0.3, 0.4) is 0 Å². The zero-order valence-electron chi connectivity index (χ0n) is 62.7. The monoisotopic (exact) mass is 1650 g/mol. The Morgan fingerprint density at radius 1 is 0.444 bits per heavy atom. The Balaban J connectivity index is 0.000000134. The lowest BCUT2D eigenvalue weighted by atomic mass is 9.99. The molecule has 117 heavy (non-hydrogen) atoms. The quantitative estimate of drug-likeness (QED) is 0.0634. The maximum Gasteiger partial charge on any atom is 0.258 e. The van der Waals surface area contributed by atoms with Gasteiger partial charge >= 0.3 is 0 Å². The van der Waals surface area contributed by atoms with Gasteiger partial charge in [0, 0.05) is 110 Å². The van der Waals surface area contributed by atoms with E-state index in [1.165, 1.54) is 56.1 Å². The van der Waals surface area contributed by atoms with E-state index in [-0.39, 0.29) is 132 Å². The number of nitrogens with zero attached hydrogens (tertiary/aromatic N) is 8. The lowest BCUT2D eigenvalue weighted by Gasteiger charge is -2.26. The normalized spacial score (nSPS) is 15.2. The van der Waals surface area contributed by atoms with Crippen molar-refractivity contribution < 1.29 is 67.4 Å². The number of carbonyl (C=O) groups excluding carboxylic acids is 3. The predicted octanol–water partition coefficient (Wildman–Crippen LogP) is 16.1. The smallest absolute Gasteiger partial charge is 0.258 e. The second-order valence-corrected chi connectivity index (χ2v) is 35.0. The number of phenols is 1. The van der Waals surface area contributed by atoms with Crippen LogP contribution in [0.2, 0.25) is 0 Å². The van der Waals surface area contributed by atoms with Gasteiger partial charge in [0.2, 0.25) is 30.1 Å². The molecule has 3 amide bonds. The molecule has 28 heteroatoms. The van der Waals surface area contributed by atoms with E-state index in [0.29, 0.717) is 92.5 Å². The second kappa shape index (κ2) is 33.1. The van der Waals surface area contributed by atoms with Crippen molar-refractivity contribution in [2.45, 2.75) is 70.7 Å². The second-order valence-electron chi connectivity index (χ2n) is 28.8. The van der Waals surface area contributed by atoms with Crippen molar-refractivity contribution in [2.75, 3.05) is 49.6 Å². The molecule has 21 nitrogen and oxygen atoms in total. The highest BCUT2D eigenvalue weighted by molar-refractivity contribution is 7.93. The minimum absolute atomic E-state index is 0.0393. The lowest BCUT2D eigenvalue weighted by Crippen LogP contribution is -2.27. The van der Waals surface area contributed by atoms with Crippen LogP contribution < -0.4 is 22.8 Å². The number of carbonyl (C=O) groups is 3. The summed E-state index contributed by atoms with van der Waals surface area (Å²) in [7, 11) is -10.9. The van der Waals surface area contributed by atoms with Crippen LogP contribution in [-0.2, 0) is 69.3 Å². The van der Waals surface area contributed by atoms with E-state index in [2.05, 4.69) is 19.7 Å². The first kappa shape index (κ1) is 78.5. The average Bonchev–Trinajstić information content (AvgIpc) is 1.62. The summed E-state index contributed by atoms with van der Waals surface area (Å²) in [5.74, 6) is -1.71. The van der Waals surface area contributed by atoms with Gasteiger partial charge in [0.15, 0.2) is 17.2 Å². The van der Waals surface area contributed by atoms with E-state index < -0.39 is 48.2 Å². The Morgan fingerprint density at radius 2 is 0.786 bits per heavy atom. The summed E-state index contributed by atoms with van der Waals surface area (Å²) in [5.41, 5.74) is 10.1. The maximum absolute atomic E-state index is 14.3. The number of aromatic hydroxyl groups is 1. The van der Waals surface area contributed by atoms with Crippen LogP contribution in [0, 0.1) is 17.5 Å². The van der Waals surface area contributed by atoms with Crippen molar-refractivity contribution in [1.29, 1.82) is 0 Å². The molecule has 594 valence electrons. The molecule has 5 aliphatic rings. The molecule has 10 aromatic carbocycles. The van der Waals surface area contributed by atoms with E-state index in [9.17, 15) is 57.9 Å². The molecule has 2 fully saturated rings. The maximum atomic E-state index is 14.3. The van der Waals surface area contributed by atoms with Gasteiger partial charge in [0.25, 0.3) is 17.7 Å². The fourth-order valence-electron chi connectivity index (χ4n) is 15.7. The molecule has 13 aromatic rings. The minimum atomic E-state index is -3.80. The van der Waals surface area contributed by atoms with Crippen LogP contribution in [0.4, 0.5) is 30.2 Å². The minimum Gasteiger partial charge on any atom is -0.505 e. The van der Waals surface area contributed by atoms with Gasteiger partial charge in [0.05, 0.1) is 51.0 Å². The zero-order valence-corrected chi connectivity index (χ0v) is 65.9. The summed E-state index contributed by atoms with van der Waals surface area (Å²) in [5, 5.41) is 12.4. The summed E-state index contributed by atoms with van der Waals surface area (Å²) < 4.78 is 138. The zero-order chi connectivity index (χ0) is 81.3. The highest BCUT2D eigenvalue weighted by Crippen LogP contribution is 2.51. The Morgan fingerprint density at radius 3 is 1.17 bits per heavy atom. The number of halogens is 4. The molecule has 0 radical (unpaired) electrons. The molecule has 0 saturated carbocycles. The molecule has 0 spiro atoms. The van der Waals surface area contributed by atoms with Gasteiger partial charge in [-0.1, -0.05) is 158 Å². The summed E-state index contributed by atoms with van der Waals surface area (Å²) in [6.45, 7) is 1.70. The van der Waals surface area contributed by atoms with Crippen molar-refractivity contribution in [2.24, 2.45) is 0 Å². The molecule has 0 atom stereocenters. The molecule has 5 aliphatic heterocycles. The molecule has 18 rings (SSSR count). The van der Waals surface area contributed by atoms with Crippen LogP contribution in [0.25, 0.3) is 32.7 Å². The highest BCUT2D eigenvalue weighted by atomic mass is 35.5. The van der Waals surface area contributed by atoms with E-state index in [1.54, 1.807) is 88.9 Å². The van der Waals surface area contributed by atoms with Crippen molar-refractivity contribution in [3.05, 3.63) is 339 Å². The summed E-state index contributed by atoms with van der Waals surface area (Å²) in [6, 6.07) is 67.1. The van der Waals surface area contributed by atoms with Crippen molar-refractivity contribution in [3.63, 3.8) is 0 Å². The van der Waals surface area contributed by atoms with Gasteiger partial charge in [0.1, 0.15) is 46.2 Å². The van der Waals surface area contributed by atoms with Crippen LogP contribution in [0.5, 0.6) is 17.2 Å². The molecule has 3 aromatic heterocycles. The SMILES string of the molecule is O=C1c2c(c(N3CCCS3(=O)=O)c3cccnc3c2O)CN1Cc1ccc(F)cc1.O=C1c2c(c(N3CCCS3(=O)=O)c3cccnc3c2OC(c2ccccc2)c2ccccc2)CN1Cc1ccc(F)cc1.O=C1c2c(c(NS(=O)(=O)CCCCl)c3cccnc3c2OC(c2ccccc2)c2ccccc2)CN1Cc1ccc(F)cc1. The number of phenolic OH excluding ortho intramolecular Hbond substituents is 1. The van der Waals surface area contributed by atoms with Crippen LogP contribution in [0.15, 0.2) is 249 Å². The Bertz CT molecular complexity index is 6260. The third-order valence-corrected chi connectivity index (χ3v) is 26.4. The number of ether oxygens (including phenoxy) is 2. The van der Waals surface area contributed by atoms with Gasteiger partial charge in [-0.15, -0.1) is 11.6 Å². The van der Waals surface area contributed by atoms with Gasteiger partial charge in [-0.2, -0.15) is 0 Å². The number of benzene rings is 10. The number of anilines is 3. The summed E-state index contributed by atoms with van der Waals surface area (Å²) >= 11 is 5.80. The first-order valence-electron chi connectivity index (χ1n) is 37.8. The Labute approximate surface area is 678 Å². The number of hydrogen-bond acceptors (Lipinski definition) is 15. The number of pyridine rings is 3. The number of fused-ring (bicyclic) bond motifs is 6. The molecule has 2 N–H and O–H groups in total. The Kier molecular flexibility index (Phi) is 22.2. The topological polar surface area (TPSA) is 259 Å². The first-order valence-corrected chi connectivity index (χ1v) is 43.2. The van der Waals surface area contributed by atoms with Gasteiger partial charge in [-0.05, 0) is 131 Å². The standard InChI is InChI=1S/C34H29ClFN3O4S.C34H28FN3O4S.C21H18FN3O4S/c35-18-8-20-44(41,42)38-30-27-13-7-19-37-31(27)33(43-32(24-9-3-1-4-10-24)25-11-5-2-6-12-25)29-28(30)22-39(34(29)40)21-23-14-16-26(36)17-15-23;35-26-16-14-23(15-17-26)21-37-22-28-29(34(37)39)33(42-32(24-9-3-1-4-10-24)25-11-5-2-6-12-25)30-27(13-7-18-36-30)31(28)38-19-8-20-43(38,40)41;22-14-6-4-13(5-7-14)11-24-12-16-17(21(24)27)20(26)18-15(3-1-8-23-18)19(16)25-9-2-10-30(25,28)29/h1-7,9-17,19,32,38H,8,18,20-22H2;1-7,9-18,32H,8,19-22H2;1,3-8,26H,2,9-12H2. The number of amides is 3. The number of hydrogen-bond donors (Lipinski definition) is 2. The van der Waals surface area contributed by atoms with E-state index >= 15 is 0 Å². The lowest BCUT2D eigenvalue weighted by molar-refractivity contribution is 0.0755. The van der Waals surface area contributed by atoms with Gasteiger partial charge in [-0.25, -0.2) is 38.4 Å². The van der Waals surface area contributed by atoms with E-state index in [1.807, 2.05) is 127 Å². The number of nitrogens with one attached hydrogen (secondary N) is 1. The molecular formula is C89H75ClF3N9O12S3. The highest BCUT2D eigenvalue weighted by Gasteiger charge is 2.44. The number of aromatic nitrogens is 3. The predicted molar refractivity (Wildman–Crippen MR) is 442 cm³/mol. The fraction of sp³-hybridized carbons (Fsp3) is 0.191. The molecule has 0 unspecified atom stereocenters. The van der Waals surface area contributed by atoms with Crippen molar-refractivity contribution in [3.8, 4) is 17.2 Å². The fourth-order valence-corrected chi connectivity index (χ4v) is 20.4. The largest absolute Gasteiger partial charge is 0.505 e. The molecule has 0 aliphatic carbocycles. The van der Waals surface area contributed by atoms with Crippen LogP contribution in [0.1, 0.15) is 118 Å². The van der Waals surface area contributed by atoms with E-state index in [4.69, 9.17) is 21.1 Å². The van der Waals surface area contributed by atoms with Crippen LogP contribution in [-0.4, -0.2) is 114 Å². The van der Waals surface area contributed by atoms with Crippen molar-refractivity contribution >= 4 is 109 Å². The summed E-state index contributed by atoms with van der Waals surface area (Å²) in [4.78, 5) is 59.9. The van der Waals surface area contributed by atoms with Gasteiger partial charge in [-0.3, -0.25) is 42.7 Å². The van der Waals surface area contributed by atoms with Gasteiger partial charge < -0.3 is 29.3 Å².